The number of rotatable bonds is 14. The maximum Gasteiger partial charge on any atom is 0.326 e. The molecule has 1 aliphatic heterocycles. The summed E-state index contributed by atoms with van der Waals surface area (Å²) in [6, 6.07) is 2.61. The number of anilines is 2. The lowest BCUT2D eigenvalue weighted by atomic mass is 9.80. The molecule has 222 valence electrons. The van der Waals surface area contributed by atoms with Gasteiger partial charge < -0.3 is 31.1 Å². The van der Waals surface area contributed by atoms with Crippen molar-refractivity contribution < 1.29 is 14.4 Å². The highest BCUT2D eigenvalue weighted by Crippen LogP contribution is 2.34. The Balaban J connectivity index is 1.09. The maximum atomic E-state index is 11.2. The predicted molar refractivity (Wildman–Crippen MR) is 158 cm³/mol. The number of nitrogens with zero attached hydrogens (tertiary/aromatic N) is 4. The van der Waals surface area contributed by atoms with Crippen LogP contribution in [0.4, 0.5) is 11.6 Å². The molecule has 0 bridgehead atoms. The number of nitrogens with two attached hydrogens (primary N) is 1. The number of nitrogen functional groups attached to an aromatic ring is 1. The van der Waals surface area contributed by atoms with E-state index < -0.39 is 7.60 Å². The molecule has 0 aromatic carbocycles. The molecule has 39 heavy (non-hydrogen) atoms. The van der Waals surface area contributed by atoms with Gasteiger partial charge in [0.05, 0.1) is 6.16 Å². The van der Waals surface area contributed by atoms with Crippen molar-refractivity contribution >= 4 is 19.2 Å². The second kappa shape index (κ2) is 15.6. The van der Waals surface area contributed by atoms with Crippen molar-refractivity contribution in [3.63, 3.8) is 0 Å². The minimum Gasteiger partial charge on any atom is -0.384 e. The van der Waals surface area contributed by atoms with Crippen LogP contribution < -0.4 is 21.3 Å². The number of piperazine rings is 1. The van der Waals surface area contributed by atoms with E-state index in [1.54, 1.807) is 0 Å². The first-order chi connectivity index (χ1) is 18.8. The highest BCUT2D eigenvalue weighted by atomic mass is 31.2. The average Bonchev–Trinajstić information content (AvgIpc) is 2.93. The second-order valence-electron chi connectivity index (χ2n) is 12.1. The van der Waals surface area contributed by atoms with Crippen LogP contribution in [0.25, 0.3) is 0 Å². The summed E-state index contributed by atoms with van der Waals surface area (Å²) in [7, 11) is -3.95. The van der Waals surface area contributed by atoms with Gasteiger partial charge in [0.2, 0.25) is 0 Å². The molecule has 0 unspecified atom stereocenters. The van der Waals surface area contributed by atoms with E-state index >= 15 is 0 Å². The standard InChI is InChI=1S/C28H52N7O3P/c29-26-21-28(35-17-15-34(16-18-35)19-20-39(36,37)38)33-27(32-26)12-11-23-7-9-24(10-8-23)22-30-13-4-14-31-25-5-2-1-3-6-25/h21,23-25,30-31H,1-20,22H2,(H2,29,32,33)(H2,36,37,38). The predicted octanol–water partition coefficient (Wildman–Crippen LogP) is 3.00. The van der Waals surface area contributed by atoms with Crippen LogP contribution in [0.2, 0.25) is 0 Å². The van der Waals surface area contributed by atoms with E-state index in [0.717, 1.165) is 88.2 Å². The van der Waals surface area contributed by atoms with E-state index in [9.17, 15) is 4.57 Å². The van der Waals surface area contributed by atoms with Gasteiger partial charge >= 0.3 is 7.60 Å². The smallest absolute Gasteiger partial charge is 0.326 e. The summed E-state index contributed by atoms with van der Waals surface area (Å²) in [6.07, 6.45) is 15.3. The second-order valence-corrected chi connectivity index (χ2v) is 13.8. The molecule has 10 nitrogen and oxygen atoms in total. The molecule has 6 N–H and O–H groups in total. The molecule has 2 aliphatic carbocycles. The highest BCUT2D eigenvalue weighted by molar-refractivity contribution is 7.51. The third-order valence-corrected chi connectivity index (χ3v) is 9.71. The number of aromatic nitrogens is 2. The Bertz CT molecular complexity index is 895. The van der Waals surface area contributed by atoms with Gasteiger partial charge in [0.25, 0.3) is 0 Å². The molecule has 4 rings (SSSR count). The van der Waals surface area contributed by atoms with E-state index in [0.29, 0.717) is 12.4 Å². The van der Waals surface area contributed by atoms with Gasteiger partial charge in [-0.2, -0.15) is 0 Å². The normalized spacial score (nSPS) is 23.8. The third-order valence-electron chi connectivity index (χ3n) is 8.93. The minimum atomic E-state index is -3.95. The fourth-order valence-corrected chi connectivity index (χ4v) is 6.98. The van der Waals surface area contributed by atoms with Gasteiger partial charge in [-0.25, -0.2) is 9.97 Å². The fraction of sp³-hybridized carbons (Fsp3) is 0.857. The van der Waals surface area contributed by atoms with Crippen molar-refractivity contribution in [2.45, 2.75) is 83.1 Å². The maximum absolute atomic E-state index is 11.2. The molecule has 3 fully saturated rings. The summed E-state index contributed by atoms with van der Waals surface area (Å²) in [5, 5.41) is 7.45. The van der Waals surface area contributed by atoms with Crippen molar-refractivity contribution in [3.8, 4) is 0 Å². The molecule has 0 amide bonds. The zero-order valence-electron chi connectivity index (χ0n) is 23.8. The fourth-order valence-electron chi connectivity index (χ4n) is 6.44. The Morgan fingerprint density at radius 1 is 0.949 bits per heavy atom. The molecule has 2 saturated carbocycles. The van der Waals surface area contributed by atoms with E-state index in [2.05, 4.69) is 25.4 Å². The number of hydrogen-bond donors (Lipinski definition) is 5. The van der Waals surface area contributed by atoms with E-state index in [1.807, 2.05) is 6.07 Å². The molecule has 1 saturated heterocycles. The first kappa shape index (κ1) is 30.7. The molecule has 11 heteroatoms. The molecule has 0 atom stereocenters. The van der Waals surface area contributed by atoms with E-state index in [4.69, 9.17) is 20.5 Å². The average molecular weight is 566 g/mol. The molecule has 2 heterocycles. The van der Waals surface area contributed by atoms with Crippen molar-refractivity contribution in [2.75, 3.05) is 69.2 Å². The first-order valence-electron chi connectivity index (χ1n) is 15.4. The summed E-state index contributed by atoms with van der Waals surface area (Å²) >= 11 is 0. The lowest BCUT2D eigenvalue weighted by Gasteiger charge is -2.35. The van der Waals surface area contributed by atoms with E-state index in [-0.39, 0.29) is 6.16 Å². The van der Waals surface area contributed by atoms with Crippen LogP contribution in [0, 0.1) is 11.8 Å². The topological polar surface area (TPSA) is 140 Å². The molecular weight excluding hydrogens is 513 g/mol. The SMILES string of the molecule is Nc1cc(N2CCN(CCP(=O)(O)O)CC2)nc(CCC2CCC(CNCCCNC3CCCCC3)CC2)n1. The zero-order chi connectivity index (χ0) is 27.5. The Hall–Kier alpha value is -1.29. The van der Waals surface area contributed by atoms with Gasteiger partial charge in [0, 0.05) is 51.3 Å². The van der Waals surface area contributed by atoms with Crippen molar-refractivity contribution in [1.29, 1.82) is 0 Å². The summed E-state index contributed by atoms with van der Waals surface area (Å²) in [4.78, 5) is 31.9. The Morgan fingerprint density at radius 2 is 1.67 bits per heavy atom. The van der Waals surface area contributed by atoms with Gasteiger partial charge in [-0.1, -0.05) is 32.1 Å². The molecule has 1 aromatic rings. The van der Waals surface area contributed by atoms with Crippen LogP contribution in [0.5, 0.6) is 0 Å². The molecule has 0 radical (unpaired) electrons. The minimum absolute atomic E-state index is 0.0892. The quantitative estimate of drug-likeness (QED) is 0.169. The van der Waals surface area contributed by atoms with Crippen LogP contribution >= 0.6 is 7.60 Å². The van der Waals surface area contributed by atoms with E-state index in [1.165, 1.54) is 64.2 Å². The lowest BCUT2D eigenvalue weighted by Crippen LogP contribution is -2.47. The van der Waals surface area contributed by atoms with Gasteiger partial charge in [-0.3, -0.25) is 9.46 Å². The van der Waals surface area contributed by atoms with Gasteiger partial charge in [0.15, 0.2) is 0 Å². The van der Waals surface area contributed by atoms with Gasteiger partial charge in [0.1, 0.15) is 17.5 Å². The monoisotopic (exact) mass is 565 g/mol. The highest BCUT2D eigenvalue weighted by Gasteiger charge is 2.23. The molecule has 1 aromatic heterocycles. The molecule has 0 spiro atoms. The Morgan fingerprint density at radius 3 is 2.38 bits per heavy atom. The van der Waals surface area contributed by atoms with Crippen LogP contribution in [0.1, 0.15) is 76.5 Å². The number of hydrogen-bond acceptors (Lipinski definition) is 8. The van der Waals surface area contributed by atoms with Crippen molar-refractivity contribution in [1.82, 2.24) is 25.5 Å². The zero-order valence-corrected chi connectivity index (χ0v) is 24.7. The summed E-state index contributed by atoms with van der Waals surface area (Å²) in [6.45, 7) is 6.91. The molecule has 3 aliphatic rings. The number of nitrogens with one attached hydrogen (secondary N) is 2. The van der Waals surface area contributed by atoms with Gasteiger partial charge in [-0.15, -0.1) is 0 Å². The summed E-state index contributed by atoms with van der Waals surface area (Å²) in [5.41, 5.74) is 6.14. The lowest BCUT2D eigenvalue weighted by molar-refractivity contribution is 0.256. The Kier molecular flexibility index (Phi) is 12.3. The first-order valence-corrected chi connectivity index (χ1v) is 17.2. The van der Waals surface area contributed by atoms with Crippen LogP contribution in [0.15, 0.2) is 6.07 Å². The largest absolute Gasteiger partial charge is 0.384 e. The summed E-state index contributed by atoms with van der Waals surface area (Å²) in [5.74, 6) is 3.77. The van der Waals surface area contributed by atoms with Crippen molar-refractivity contribution in [3.05, 3.63) is 11.9 Å². The number of aryl methyl sites for hydroxylation is 1. The molecular formula is C28H52N7O3P. The Labute approximate surface area is 235 Å². The van der Waals surface area contributed by atoms with Crippen LogP contribution in [0.3, 0.4) is 0 Å². The van der Waals surface area contributed by atoms with Crippen LogP contribution in [-0.4, -0.2) is 89.2 Å². The van der Waals surface area contributed by atoms with Crippen LogP contribution in [-0.2, 0) is 11.0 Å². The van der Waals surface area contributed by atoms with Gasteiger partial charge in [-0.05, 0) is 70.0 Å². The summed E-state index contributed by atoms with van der Waals surface area (Å²) < 4.78 is 11.2. The third kappa shape index (κ3) is 11.2. The van der Waals surface area contributed by atoms with Crippen molar-refractivity contribution in [2.24, 2.45) is 11.8 Å².